The maximum atomic E-state index is 13.0. The zero-order valence-corrected chi connectivity index (χ0v) is 17.2. The van der Waals surface area contributed by atoms with Crippen LogP contribution in [0, 0.1) is 0 Å². The first-order chi connectivity index (χ1) is 13.6. The van der Waals surface area contributed by atoms with Crippen LogP contribution in [0.2, 0.25) is 5.02 Å². The van der Waals surface area contributed by atoms with Crippen molar-refractivity contribution in [2.45, 2.75) is 6.54 Å². The van der Waals surface area contributed by atoms with Crippen LogP contribution in [0.1, 0.15) is 15.9 Å². The van der Waals surface area contributed by atoms with E-state index in [0.29, 0.717) is 17.1 Å². The molecule has 0 atom stereocenters. The van der Waals surface area contributed by atoms with Crippen molar-refractivity contribution >= 4 is 44.3 Å². The van der Waals surface area contributed by atoms with Crippen LogP contribution in [0.15, 0.2) is 83.3 Å². The van der Waals surface area contributed by atoms with E-state index in [1.54, 1.807) is 0 Å². The van der Waals surface area contributed by atoms with Crippen LogP contribution in [0.25, 0.3) is 22.2 Å². The predicted octanol–water partition coefficient (Wildman–Crippen LogP) is 6.25. The van der Waals surface area contributed by atoms with Gasteiger partial charge in [-0.3, -0.25) is 4.79 Å². The molecule has 1 amide bonds. The highest BCUT2D eigenvalue weighted by Crippen LogP contribution is 2.26. The molecule has 0 saturated heterocycles. The highest BCUT2D eigenvalue weighted by Gasteiger charge is 2.14. The lowest BCUT2D eigenvalue weighted by atomic mass is 10.0. The summed E-state index contributed by atoms with van der Waals surface area (Å²) in [4.78, 5) is 17.7. The number of amides is 1. The van der Waals surface area contributed by atoms with Gasteiger partial charge in [0.05, 0.1) is 16.8 Å². The molecule has 0 saturated carbocycles. The van der Waals surface area contributed by atoms with Gasteiger partial charge >= 0.3 is 0 Å². The van der Waals surface area contributed by atoms with E-state index in [1.807, 2.05) is 78.9 Å². The first kappa shape index (κ1) is 18.7. The van der Waals surface area contributed by atoms with E-state index >= 15 is 0 Å². The normalized spacial score (nSPS) is 10.8. The van der Waals surface area contributed by atoms with Crippen LogP contribution < -0.4 is 5.32 Å². The topological polar surface area (TPSA) is 42.0 Å². The largest absolute Gasteiger partial charge is 0.348 e. The van der Waals surface area contributed by atoms with Crippen LogP contribution >= 0.6 is 27.5 Å². The molecule has 1 heterocycles. The van der Waals surface area contributed by atoms with Crippen molar-refractivity contribution in [3.63, 3.8) is 0 Å². The van der Waals surface area contributed by atoms with Gasteiger partial charge in [-0.1, -0.05) is 76.1 Å². The number of carbonyl (C=O) groups excluding carboxylic acids is 1. The van der Waals surface area contributed by atoms with Gasteiger partial charge in [-0.2, -0.15) is 0 Å². The minimum Gasteiger partial charge on any atom is -0.348 e. The third kappa shape index (κ3) is 3.93. The van der Waals surface area contributed by atoms with Gasteiger partial charge in [0.2, 0.25) is 0 Å². The minimum atomic E-state index is -0.156. The molecule has 4 aromatic rings. The number of rotatable bonds is 4. The highest BCUT2D eigenvalue weighted by molar-refractivity contribution is 9.10. The van der Waals surface area contributed by atoms with Gasteiger partial charge in [-0.05, 0) is 35.9 Å². The summed E-state index contributed by atoms with van der Waals surface area (Å²) in [6.07, 6.45) is 0. The van der Waals surface area contributed by atoms with E-state index in [9.17, 15) is 4.79 Å². The summed E-state index contributed by atoms with van der Waals surface area (Å²) < 4.78 is 0.995. The molecule has 0 aliphatic carbocycles. The smallest absolute Gasteiger partial charge is 0.252 e. The summed E-state index contributed by atoms with van der Waals surface area (Å²) in [5.41, 5.74) is 3.97. The van der Waals surface area contributed by atoms with Gasteiger partial charge in [0.1, 0.15) is 0 Å². The quantitative estimate of drug-likeness (QED) is 0.398. The first-order valence-electron chi connectivity index (χ1n) is 8.79. The Bertz CT molecular complexity index is 1160. The third-order valence-corrected chi connectivity index (χ3v) is 5.40. The van der Waals surface area contributed by atoms with Crippen molar-refractivity contribution in [3.05, 3.63) is 99.5 Å². The predicted molar refractivity (Wildman–Crippen MR) is 118 cm³/mol. The number of hydrogen-bond donors (Lipinski definition) is 1. The van der Waals surface area contributed by atoms with E-state index in [0.717, 1.165) is 32.2 Å². The van der Waals surface area contributed by atoms with E-state index < -0.39 is 0 Å². The molecule has 0 unspecified atom stereocenters. The average Bonchev–Trinajstić information content (AvgIpc) is 2.72. The zero-order chi connectivity index (χ0) is 19.5. The van der Waals surface area contributed by atoms with Gasteiger partial charge in [0, 0.05) is 27.0 Å². The van der Waals surface area contributed by atoms with Crippen LogP contribution in [-0.4, -0.2) is 10.9 Å². The fourth-order valence-corrected chi connectivity index (χ4v) is 3.51. The molecule has 0 aliphatic rings. The Kier molecular flexibility index (Phi) is 5.42. The Morgan fingerprint density at radius 1 is 0.964 bits per heavy atom. The molecule has 4 rings (SSSR count). The van der Waals surface area contributed by atoms with Crippen molar-refractivity contribution in [3.8, 4) is 11.3 Å². The Balaban J connectivity index is 1.71. The number of hydrogen-bond acceptors (Lipinski definition) is 2. The molecule has 5 heteroatoms. The monoisotopic (exact) mass is 450 g/mol. The second kappa shape index (κ2) is 8.13. The van der Waals surface area contributed by atoms with Crippen molar-refractivity contribution < 1.29 is 4.79 Å². The number of carbonyl (C=O) groups is 1. The molecule has 3 aromatic carbocycles. The minimum absolute atomic E-state index is 0.156. The number of nitrogens with zero attached hydrogens (tertiary/aromatic N) is 1. The number of nitrogens with one attached hydrogen (secondary N) is 1. The molecule has 1 N–H and O–H groups in total. The fraction of sp³-hybridized carbons (Fsp3) is 0.0435. The molecule has 138 valence electrons. The Morgan fingerprint density at radius 3 is 2.46 bits per heavy atom. The molecule has 1 aromatic heterocycles. The van der Waals surface area contributed by atoms with Gasteiger partial charge in [-0.25, -0.2) is 4.98 Å². The summed E-state index contributed by atoms with van der Waals surface area (Å²) in [5.74, 6) is -0.156. The Morgan fingerprint density at radius 2 is 1.68 bits per heavy atom. The molecule has 0 aliphatic heterocycles. The average molecular weight is 452 g/mol. The molecule has 0 fully saturated rings. The van der Waals surface area contributed by atoms with E-state index in [-0.39, 0.29) is 5.91 Å². The van der Waals surface area contributed by atoms with Crippen molar-refractivity contribution in [1.29, 1.82) is 0 Å². The standard InChI is InChI=1S/C23H16BrClN2O/c24-17-11-9-15(10-12-17)22-13-19(18-6-2-4-8-21(18)27-22)23(28)26-14-16-5-1-3-7-20(16)25/h1-13H,14H2,(H,26,28). The van der Waals surface area contributed by atoms with Gasteiger partial charge in [0.15, 0.2) is 0 Å². The molecule has 28 heavy (non-hydrogen) atoms. The summed E-state index contributed by atoms with van der Waals surface area (Å²) in [7, 11) is 0. The number of pyridine rings is 1. The lowest BCUT2D eigenvalue weighted by molar-refractivity contribution is 0.0952. The summed E-state index contributed by atoms with van der Waals surface area (Å²) in [5, 5.41) is 4.43. The van der Waals surface area contributed by atoms with Gasteiger partial charge in [-0.15, -0.1) is 0 Å². The molecule has 3 nitrogen and oxygen atoms in total. The number of benzene rings is 3. The fourth-order valence-electron chi connectivity index (χ4n) is 3.04. The zero-order valence-electron chi connectivity index (χ0n) is 14.8. The maximum absolute atomic E-state index is 13.0. The van der Waals surface area contributed by atoms with Gasteiger partial charge in [0.25, 0.3) is 5.91 Å². The summed E-state index contributed by atoms with van der Waals surface area (Å²) in [6, 6.07) is 24.9. The Hall–Kier alpha value is -2.69. The first-order valence-corrected chi connectivity index (χ1v) is 9.96. The van der Waals surface area contributed by atoms with Crippen LogP contribution in [0.4, 0.5) is 0 Å². The second-order valence-electron chi connectivity index (χ2n) is 6.35. The number of para-hydroxylation sites is 1. The molecule has 0 radical (unpaired) electrons. The maximum Gasteiger partial charge on any atom is 0.252 e. The molecular weight excluding hydrogens is 436 g/mol. The van der Waals surface area contributed by atoms with Gasteiger partial charge < -0.3 is 5.32 Å². The number of halogens is 2. The van der Waals surface area contributed by atoms with E-state index in [2.05, 4.69) is 21.2 Å². The lowest BCUT2D eigenvalue weighted by Crippen LogP contribution is -2.23. The SMILES string of the molecule is O=C(NCc1ccccc1Cl)c1cc(-c2ccc(Br)cc2)nc2ccccc12. The van der Waals surface area contributed by atoms with Crippen LogP contribution in [-0.2, 0) is 6.54 Å². The Labute approximate surface area is 176 Å². The van der Waals surface area contributed by atoms with E-state index in [1.165, 1.54) is 0 Å². The van der Waals surface area contributed by atoms with Crippen molar-refractivity contribution in [2.75, 3.05) is 0 Å². The van der Waals surface area contributed by atoms with Crippen LogP contribution in [0.3, 0.4) is 0 Å². The molecule has 0 spiro atoms. The number of aromatic nitrogens is 1. The lowest BCUT2D eigenvalue weighted by Gasteiger charge is -2.11. The number of fused-ring (bicyclic) bond motifs is 1. The molecule has 0 bridgehead atoms. The van der Waals surface area contributed by atoms with Crippen molar-refractivity contribution in [2.24, 2.45) is 0 Å². The summed E-state index contributed by atoms with van der Waals surface area (Å²) >= 11 is 9.65. The second-order valence-corrected chi connectivity index (χ2v) is 7.68. The van der Waals surface area contributed by atoms with Crippen LogP contribution in [0.5, 0.6) is 0 Å². The van der Waals surface area contributed by atoms with E-state index in [4.69, 9.17) is 16.6 Å². The summed E-state index contributed by atoms with van der Waals surface area (Å²) in [6.45, 7) is 0.364. The van der Waals surface area contributed by atoms with Crippen molar-refractivity contribution in [1.82, 2.24) is 10.3 Å². The third-order valence-electron chi connectivity index (χ3n) is 4.50. The molecular formula is C23H16BrClN2O. The highest BCUT2D eigenvalue weighted by atomic mass is 79.9.